The molecule has 0 aliphatic carbocycles. The zero-order valence-corrected chi connectivity index (χ0v) is 12.9. The van der Waals surface area contributed by atoms with E-state index >= 15 is 0 Å². The van der Waals surface area contributed by atoms with Gasteiger partial charge in [-0.25, -0.2) is 4.79 Å². The zero-order chi connectivity index (χ0) is 16.8. The molecule has 0 radical (unpaired) electrons. The Hall–Kier alpha value is -3.13. The monoisotopic (exact) mass is 308 g/mol. The third-order valence-corrected chi connectivity index (χ3v) is 3.33. The molecule has 0 aliphatic rings. The lowest BCUT2D eigenvalue weighted by Gasteiger charge is -2.21. The average Bonchev–Trinajstić information content (AvgIpc) is 2.61. The topological polar surface area (TPSA) is 70.4 Å². The third-order valence-electron chi connectivity index (χ3n) is 3.33. The summed E-state index contributed by atoms with van der Waals surface area (Å²) in [4.78, 5) is 25.8. The van der Waals surface area contributed by atoms with Crippen LogP contribution in [0.4, 0.5) is 5.69 Å². The highest BCUT2D eigenvalue weighted by atomic mass is 16.5. The highest BCUT2D eigenvalue weighted by Gasteiger charge is 2.23. The fraction of sp³-hybridized carbons (Fsp3) is 0.167. The lowest BCUT2D eigenvalue weighted by atomic mass is 10.1. The second kappa shape index (κ2) is 7.23. The van der Waals surface area contributed by atoms with Gasteiger partial charge in [0.2, 0.25) is 0 Å². The smallest absolute Gasteiger partial charge is 0.338 e. The normalized spacial score (nSPS) is 11.2. The first-order valence-electron chi connectivity index (χ1n) is 7.06. The summed E-state index contributed by atoms with van der Waals surface area (Å²) in [6.45, 7) is 1.52. The van der Waals surface area contributed by atoms with Crippen LogP contribution in [0.25, 0.3) is 0 Å². The van der Waals surface area contributed by atoms with Crippen molar-refractivity contribution < 1.29 is 14.3 Å². The molecule has 1 amide bonds. The number of para-hydroxylation sites is 1. The van der Waals surface area contributed by atoms with Gasteiger partial charge >= 0.3 is 5.97 Å². The summed E-state index contributed by atoms with van der Waals surface area (Å²) in [5, 5.41) is 8.85. The van der Waals surface area contributed by atoms with Gasteiger partial charge in [-0.3, -0.25) is 4.79 Å². The van der Waals surface area contributed by atoms with E-state index in [1.165, 1.54) is 17.9 Å². The van der Waals surface area contributed by atoms with Gasteiger partial charge in [0.1, 0.15) is 0 Å². The highest BCUT2D eigenvalue weighted by molar-refractivity contribution is 5.98. The van der Waals surface area contributed by atoms with Crippen molar-refractivity contribution in [2.24, 2.45) is 0 Å². The first-order chi connectivity index (χ1) is 11.0. The summed E-state index contributed by atoms with van der Waals surface area (Å²) < 4.78 is 5.20. The van der Waals surface area contributed by atoms with E-state index in [1.807, 2.05) is 24.3 Å². The first-order valence-corrected chi connectivity index (χ1v) is 7.06. The van der Waals surface area contributed by atoms with Crippen molar-refractivity contribution in [2.75, 3.05) is 11.9 Å². The molecule has 5 nitrogen and oxygen atoms in total. The molecule has 0 fully saturated rings. The number of ether oxygens (including phenoxy) is 1. The second-order valence-electron chi connectivity index (χ2n) is 4.97. The fourth-order valence-electron chi connectivity index (χ4n) is 2.05. The number of esters is 1. The number of anilines is 1. The number of benzene rings is 2. The quantitative estimate of drug-likeness (QED) is 0.814. The molecule has 2 aromatic rings. The Balaban J connectivity index is 2.06. The standard InChI is InChI=1S/C18H16N2O3/c1-13(17(21)20(2)16-9-4-3-5-10-16)23-18(22)15-8-6-7-14(11-15)12-19/h3-11,13H,1-2H3/t13-/m1/s1. The van der Waals surface area contributed by atoms with Crippen molar-refractivity contribution >= 4 is 17.6 Å². The molecular weight excluding hydrogens is 292 g/mol. The number of nitrogens with zero attached hydrogens (tertiary/aromatic N) is 2. The van der Waals surface area contributed by atoms with Crippen molar-refractivity contribution in [1.82, 2.24) is 0 Å². The molecule has 1 atom stereocenters. The van der Waals surface area contributed by atoms with Crippen molar-refractivity contribution in [3.8, 4) is 6.07 Å². The molecule has 0 aliphatic heterocycles. The van der Waals surface area contributed by atoms with Gasteiger partial charge in [0.25, 0.3) is 5.91 Å². The second-order valence-corrected chi connectivity index (χ2v) is 4.97. The van der Waals surface area contributed by atoms with Crippen LogP contribution in [-0.4, -0.2) is 25.0 Å². The van der Waals surface area contributed by atoms with Gasteiger partial charge in [0, 0.05) is 12.7 Å². The van der Waals surface area contributed by atoms with E-state index in [9.17, 15) is 9.59 Å². The van der Waals surface area contributed by atoms with Crippen LogP contribution >= 0.6 is 0 Å². The van der Waals surface area contributed by atoms with Crippen LogP contribution in [0.3, 0.4) is 0 Å². The molecule has 0 saturated heterocycles. The largest absolute Gasteiger partial charge is 0.449 e. The molecule has 2 aromatic carbocycles. The van der Waals surface area contributed by atoms with E-state index in [0.29, 0.717) is 11.3 Å². The summed E-state index contributed by atoms with van der Waals surface area (Å²) in [5.41, 5.74) is 1.32. The molecule has 0 heterocycles. The summed E-state index contributed by atoms with van der Waals surface area (Å²) >= 11 is 0. The molecule has 5 heteroatoms. The van der Waals surface area contributed by atoms with E-state index in [1.54, 1.807) is 37.4 Å². The number of carbonyl (C=O) groups excluding carboxylic acids is 2. The Kier molecular flexibility index (Phi) is 5.11. The number of carbonyl (C=O) groups is 2. The van der Waals surface area contributed by atoms with Crippen molar-refractivity contribution in [3.05, 3.63) is 65.7 Å². The maximum Gasteiger partial charge on any atom is 0.338 e. The van der Waals surface area contributed by atoms with Gasteiger partial charge in [-0.05, 0) is 37.3 Å². The Labute approximate surface area is 134 Å². The molecule has 0 saturated carbocycles. The molecule has 0 N–H and O–H groups in total. The van der Waals surface area contributed by atoms with Crippen LogP contribution in [-0.2, 0) is 9.53 Å². The number of amides is 1. The molecule has 0 unspecified atom stereocenters. The molecule has 23 heavy (non-hydrogen) atoms. The Morgan fingerprint density at radius 3 is 2.48 bits per heavy atom. The van der Waals surface area contributed by atoms with Crippen molar-refractivity contribution in [3.63, 3.8) is 0 Å². The van der Waals surface area contributed by atoms with E-state index < -0.39 is 12.1 Å². The van der Waals surface area contributed by atoms with Crippen LogP contribution in [0, 0.1) is 11.3 Å². The first kappa shape index (κ1) is 16.2. The minimum absolute atomic E-state index is 0.242. The van der Waals surface area contributed by atoms with Crippen molar-refractivity contribution in [1.29, 1.82) is 5.26 Å². The predicted octanol–water partition coefficient (Wildman–Crippen LogP) is 2.77. The average molecular weight is 308 g/mol. The van der Waals surface area contributed by atoms with Gasteiger partial charge in [-0.15, -0.1) is 0 Å². The SMILES string of the molecule is C[C@@H](OC(=O)c1cccc(C#N)c1)C(=O)N(C)c1ccccc1. The van der Waals surface area contributed by atoms with Crippen LogP contribution in [0.15, 0.2) is 54.6 Å². The van der Waals surface area contributed by atoms with Gasteiger partial charge in [0.15, 0.2) is 6.10 Å². The minimum atomic E-state index is -0.932. The number of hydrogen-bond donors (Lipinski definition) is 0. The van der Waals surface area contributed by atoms with Crippen molar-refractivity contribution in [2.45, 2.75) is 13.0 Å². The molecular formula is C18H16N2O3. The van der Waals surface area contributed by atoms with Crippen LogP contribution in [0.2, 0.25) is 0 Å². The number of nitriles is 1. The highest BCUT2D eigenvalue weighted by Crippen LogP contribution is 2.14. The molecule has 0 bridgehead atoms. The maximum atomic E-state index is 12.3. The van der Waals surface area contributed by atoms with E-state index in [4.69, 9.17) is 10.00 Å². The summed E-state index contributed by atoms with van der Waals surface area (Å²) in [6.07, 6.45) is -0.932. The van der Waals surface area contributed by atoms with E-state index in [0.717, 1.165) is 0 Å². The fourth-order valence-corrected chi connectivity index (χ4v) is 2.05. The van der Waals surface area contributed by atoms with Crippen LogP contribution < -0.4 is 4.90 Å². The molecule has 0 spiro atoms. The molecule has 116 valence electrons. The Bertz CT molecular complexity index is 750. The zero-order valence-electron chi connectivity index (χ0n) is 12.9. The summed E-state index contributed by atoms with van der Waals surface area (Å²) in [5.74, 6) is -0.967. The van der Waals surface area contributed by atoms with Gasteiger partial charge < -0.3 is 9.64 Å². The summed E-state index contributed by atoms with van der Waals surface area (Å²) in [6, 6.07) is 17.2. The third kappa shape index (κ3) is 3.95. The van der Waals surface area contributed by atoms with E-state index in [2.05, 4.69) is 0 Å². The molecule has 0 aromatic heterocycles. The Morgan fingerprint density at radius 2 is 1.83 bits per heavy atom. The summed E-state index contributed by atoms with van der Waals surface area (Å²) in [7, 11) is 1.62. The van der Waals surface area contributed by atoms with Crippen LogP contribution in [0.1, 0.15) is 22.8 Å². The van der Waals surface area contributed by atoms with E-state index in [-0.39, 0.29) is 11.5 Å². The van der Waals surface area contributed by atoms with Gasteiger partial charge in [-0.1, -0.05) is 24.3 Å². The lowest BCUT2D eigenvalue weighted by Crippen LogP contribution is -2.37. The predicted molar refractivity (Wildman–Crippen MR) is 85.9 cm³/mol. The number of hydrogen-bond acceptors (Lipinski definition) is 4. The number of likely N-dealkylation sites (N-methyl/N-ethyl adjacent to an activating group) is 1. The van der Waals surface area contributed by atoms with Gasteiger partial charge in [0.05, 0.1) is 17.2 Å². The molecule has 2 rings (SSSR count). The van der Waals surface area contributed by atoms with Gasteiger partial charge in [-0.2, -0.15) is 5.26 Å². The maximum absolute atomic E-state index is 12.3. The minimum Gasteiger partial charge on any atom is -0.449 e. The van der Waals surface area contributed by atoms with Crippen LogP contribution in [0.5, 0.6) is 0 Å². The number of rotatable bonds is 4. The Morgan fingerprint density at radius 1 is 1.13 bits per heavy atom. The lowest BCUT2D eigenvalue weighted by molar-refractivity contribution is -0.126.